The van der Waals surface area contributed by atoms with Gasteiger partial charge in [0.2, 0.25) is 5.91 Å². The molecule has 1 fully saturated rings. The zero-order valence-corrected chi connectivity index (χ0v) is 9.86. The van der Waals surface area contributed by atoms with Crippen LogP contribution >= 0.6 is 11.8 Å². The molecule has 15 heavy (non-hydrogen) atoms. The van der Waals surface area contributed by atoms with Gasteiger partial charge in [0.25, 0.3) is 0 Å². The number of benzene rings is 1. The van der Waals surface area contributed by atoms with Gasteiger partial charge in [-0.25, -0.2) is 0 Å². The maximum absolute atomic E-state index is 11.2. The highest BCUT2D eigenvalue weighted by atomic mass is 32.2. The number of hydrogen-bond acceptors (Lipinski definition) is 2. The molecule has 0 bridgehead atoms. The smallest absolute Gasteiger partial charge is 0.220 e. The summed E-state index contributed by atoms with van der Waals surface area (Å²) in [6.07, 6.45) is 2.67. The second-order valence-electron chi connectivity index (χ2n) is 4.24. The zero-order valence-electron chi connectivity index (χ0n) is 9.04. The van der Waals surface area contributed by atoms with Gasteiger partial charge in [-0.2, -0.15) is 0 Å². The summed E-state index contributed by atoms with van der Waals surface area (Å²) in [6, 6.07) is 8.50. The molecule has 0 spiro atoms. The number of rotatable bonds is 2. The topological polar surface area (TPSA) is 29.1 Å². The minimum absolute atomic E-state index is 0.0198. The molecule has 1 saturated heterocycles. The Morgan fingerprint density at radius 3 is 2.47 bits per heavy atom. The van der Waals surface area contributed by atoms with Gasteiger partial charge >= 0.3 is 0 Å². The maximum Gasteiger partial charge on any atom is 0.220 e. The average molecular weight is 221 g/mol. The molecule has 0 aliphatic carbocycles. The Bertz CT molecular complexity index is 374. The number of thioether (sulfide) groups is 1. The number of carbonyl (C=O) groups is 1. The Morgan fingerprint density at radius 1 is 1.33 bits per heavy atom. The Labute approximate surface area is 94.4 Å². The summed E-state index contributed by atoms with van der Waals surface area (Å²) >= 11 is 1.74. The number of nitrogens with one attached hydrogen (secondary N) is 1. The molecule has 1 atom stereocenters. The molecule has 2 rings (SSSR count). The molecule has 0 radical (unpaired) electrons. The number of hydrogen-bond donors (Lipinski definition) is 1. The van der Waals surface area contributed by atoms with Gasteiger partial charge in [0.1, 0.15) is 0 Å². The third-order valence-corrected chi connectivity index (χ3v) is 3.76. The van der Waals surface area contributed by atoms with Crippen LogP contribution in [0.15, 0.2) is 29.2 Å². The zero-order chi connectivity index (χ0) is 10.9. The lowest BCUT2D eigenvalue weighted by molar-refractivity contribution is -0.119. The van der Waals surface area contributed by atoms with Crippen molar-refractivity contribution >= 4 is 17.7 Å². The monoisotopic (exact) mass is 221 g/mol. The van der Waals surface area contributed by atoms with Crippen LogP contribution in [-0.4, -0.2) is 18.7 Å². The van der Waals surface area contributed by atoms with Crippen molar-refractivity contribution in [2.75, 3.05) is 12.8 Å². The van der Waals surface area contributed by atoms with E-state index in [1.165, 1.54) is 10.5 Å². The molecular formula is C12H15NOS. The predicted molar refractivity (Wildman–Crippen MR) is 63.2 cm³/mol. The van der Waals surface area contributed by atoms with Crippen molar-refractivity contribution in [1.82, 2.24) is 5.32 Å². The van der Waals surface area contributed by atoms with Crippen molar-refractivity contribution in [1.29, 1.82) is 0 Å². The van der Waals surface area contributed by atoms with Gasteiger partial charge in [-0.05, 0) is 24.0 Å². The highest BCUT2D eigenvalue weighted by Gasteiger charge is 2.35. The molecule has 1 aliphatic heterocycles. The van der Waals surface area contributed by atoms with Crippen LogP contribution in [0.25, 0.3) is 0 Å². The lowest BCUT2D eigenvalue weighted by Crippen LogP contribution is -2.24. The van der Waals surface area contributed by atoms with Crippen LogP contribution in [0.5, 0.6) is 0 Å². The summed E-state index contributed by atoms with van der Waals surface area (Å²) in [4.78, 5) is 12.5. The molecule has 0 saturated carbocycles. The van der Waals surface area contributed by atoms with E-state index in [1.807, 2.05) is 0 Å². The van der Waals surface area contributed by atoms with Gasteiger partial charge in [0.15, 0.2) is 0 Å². The lowest BCUT2D eigenvalue weighted by atomic mass is 9.82. The van der Waals surface area contributed by atoms with E-state index in [4.69, 9.17) is 0 Å². The van der Waals surface area contributed by atoms with Crippen LogP contribution in [0.2, 0.25) is 0 Å². The van der Waals surface area contributed by atoms with Crippen LogP contribution in [0, 0.1) is 0 Å². The third-order valence-electron chi connectivity index (χ3n) is 3.01. The molecule has 2 nitrogen and oxygen atoms in total. The van der Waals surface area contributed by atoms with Gasteiger partial charge in [-0.3, -0.25) is 4.79 Å². The fourth-order valence-electron chi connectivity index (χ4n) is 1.97. The Morgan fingerprint density at radius 2 is 2.00 bits per heavy atom. The van der Waals surface area contributed by atoms with E-state index >= 15 is 0 Å². The first kappa shape index (κ1) is 10.6. The van der Waals surface area contributed by atoms with Gasteiger partial charge in [0, 0.05) is 23.3 Å². The maximum atomic E-state index is 11.2. The first-order valence-corrected chi connectivity index (χ1v) is 6.28. The molecule has 3 heteroatoms. The summed E-state index contributed by atoms with van der Waals surface area (Å²) in [6.45, 7) is 2.89. The van der Waals surface area contributed by atoms with Crippen LogP contribution in [0.4, 0.5) is 0 Å². The van der Waals surface area contributed by atoms with Crippen LogP contribution < -0.4 is 5.32 Å². The van der Waals surface area contributed by atoms with Crippen molar-refractivity contribution in [2.24, 2.45) is 0 Å². The summed E-state index contributed by atoms with van der Waals surface area (Å²) in [5.74, 6) is 0.159. The van der Waals surface area contributed by atoms with Gasteiger partial charge < -0.3 is 5.32 Å². The van der Waals surface area contributed by atoms with E-state index in [0.717, 1.165) is 6.54 Å². The quantitative estimate of drug-likeness (QED) is 0.776. The summed E-state index contributed by atoms with van der Waals surface area (Å²) in [5, 5.41) is 2.89. The Balaban J connectivity index is 2.25. The molecule has 1 amide bonds. The fraction of sp³-hybridized carbons (Fsp3) is 0.417. The fourth-order valence-corrected chi connectivity index (χ4v) is 2.38. The molecular weight excluding hydrogens is 206 g/mol. The standard InChI is InChI=1S/C12H15NOS/c1-12(7-11(14)13-8-12)9-3-5-10(15-2)6-4-9/h3-6H,7-8H2,1-2H3,(H,13,14). The highest BCUT2D eigenvalue weighted by molar-refractivity contribution is 7.98. The van der Waals surface area contributed by atoms with Crippen LogP contribution in [-0.2, 0) is 10.2 Å². The van der Waals surface area contributed by atoms with Crippen molar-refractivity contribution in [3.63, 3.8) is 0 Å². The first-order chi connectivity index (χ1) is 7.14. The van der Waals surface area contributed by atoms with Crippen LogP contribution in [0.3, 0.4) is 0 Å². The SMILES string of the molecule is CSc1ccc(C2(C)CNC(=O)C2)cc1. The van der Waals surface area contributed by atoms with E-state index in [2.05, 4.69) is 42.8 Å². The van der Waals surface area contributed by atoms with Crippen LogP contribution in [0.1, 0.15) is 18.9 Å². The van der Waals surface area contributed by atoms with Gasteiger partial charge in [-0.15, -0.1) is 11.8 Å². The Hall–Kier alpha value is -0.960. The second kappa shape index (κ2) is 3.89. The second-order valence-corrected chi connectivity index (χ2v) is 5.12. The van der Waals surface area contributed by atoms with Crippen molar-refractivity contribution < 1.29 is 4.79 Å². The van der Waals surface area contributed by atoms with E-state index in [-0.39, 0.29) is 11.3 Å². The number of amides is 1. The summed E-state index contributed by atoms with van der Waals surface area (Å²) in [5.41, 5.74) is 1.23. The molecule has 1 aliphatic rings. The molecule has 1 unspecified atom stereocenters. The van der Waals surface area contributed by atoms with E-state index < -0.39 is 0 Å². The van der Waals surface area contributed by atoms with Crippen molar-refractivity contribution in [3.8, 4) is 0 Å². The van der Waals surface area contributed by atoms with E-state index in [1.54, 1.807) is 11.8 Å². The van der Waals surface area contributed by atoms with Gasteiger partial charge in [-0.1, -0.05) is 19.1 Å². The summed E-state index contributed by atoms with van der Waals surface area (Å²) < 4.78 is 0. The lowest BCUT2D eigenvalue weighted by Gasteiger charge is -2.22. The summed E-state index contributed by atoms with van der Waals surface area (Å²) in [7, 11) is 0. The van der Waals surface area contributed by atoms with Gasteiger partial charge in [0.05, 0.1) is 0 Å². The molecule has 0 aromatic heterocycles. The minimum Gasteiger partial charge on any atom is -0.355 e. The van der Waals surface area contributed by atoms with E-state index in [0.29, 0.717) is 6.42 Å². The Kier molecular flexibility index (Phi) is 2.74. The third kappa shape index (κ3) is 2.02. The largest absolute Gasteiger partial charge is 0.355 e. The molecule has 1 aromatic carbocycles. The highest BCUT2D eigenvalue weighted by Crippen LogP contribution is 2.31. The normalized spacial score (nSPS) is 25.3. The average Bonchev–Trinajstić information content (AvgIpc) is 2.60. The molecule has 1 heterocycles. The molecule has 1 aromatic rings. The molecule has 80 valence electrons. The molecule has 1 N–H and O–H groups in total. The van der Waals surface area contributed by atoms with E-state index in [9.17, 15) is 4.79 Å². The number of carbonyl (C=O) groups excluding carboxylic acids is 1. The van der Waals surface area contributed by atoms with Crippen molar-refractivity contribution in [3.05, 3.63) is 29.8 Å². The van der Waals surface area contributed by atoms with Crippen molar-refractivity contribution in [2.45, 2.75) is 23.7 Å². The minimum atomic E-state index is -0.0198. The first-order valence-electron chi connectivity index (χ1n) is 5.05. The predicted octanol–water partition coefficient (Wildman–Crippen LogP) is 2.19.